The standard InChI is InChI=1S/C15H15BrFN3O.C15H16BrFN2O2S.C7H3BrFNS.C7H11NO2.H4N2O/c1-9(21)20-5-4-10-7-18-15(12(10)8-20)19-14-3-2-11(16)6-13(14)17;1-9(20)19-6-5-14(21)11(8-19)15(22-2)18-13-4-3-10(16)7-12(13)17;8-5-1-2-7(10-4-11)6(9)3-5;1-6(9)8-4-2-7(10)3-5-8;1-2-3/h2-3,6H,4-5,7-8H2,1H3,(H,18,19);3-4,7,18H,5-6,8H2,1-2H3;1-3H;2-5H2,1H3;2-3H,1H2/b;15-11-;;;. The van der Waals surface area contributed by atoms with Crippen LogP contribution in [0, 0.1) is 17.5 Å². The molecule has 2 saturated heterocycles. The molecule has 67 heavy (non-hydrogen) atoms. The highest BCUT2D eigenvalue weighted by atomic mass is 79.9. The van der Waals surface area contributed by atoms with Crippen molar-refractivity contribution in [1.82, 2.24) is 20.3 Å². The lowest BCUT2D eigenvalue weighted by atomic mass is 10.0. The molecule has 3 aromatic rings. The van der Waals surface area contributed by atoms with Gasteiger partial charge in [-0.25, -0.2) is 19.0 Å². The van der Waals surface area contributed by atoms with E-state index < -0.39 is 11.6 Å². The van der Waals surface area contributed by atoms with E-state index in [2.05, 4.69) is 91.6 Å². The number of nitrogens with zero attached hydrogens (tertiary/aromatic N) is 5. The number of nitrogens with two attached hydrogens (primary N) is 1. The van der Waals surface area contributed by atoms with E-state index in [1.54, 1.807) is 52.0 Å². The number of hydrazine groups is 1. The number of rotatable bonds is 5. The Morgan fingerprint density at radius 1 is 0.776 bits per heavy atom. The Hall–Kier alpha value is -4.58. The van der Waals surface area contributed by atoms with Crippen LogP contribution in [0.3, 0.4) is 0 Å². The summed E-state index contributed by atoms with van der Waals surface area (Å²) in [5.41, 5.74) is 4.95. The molecule has 23 heteroatoms. The van der Waals surface area contributed by atoms with Gasteiger partial charge in [-0.05, 0) is 85.1 Å². The molecular weight excluding hydrogens is 1110 g/mol. The van der Waals surface area contributed by atoms with E-state index in [1.165, 1.54) is 61.0 Å². The fraction of sp³-hybridized carbons (Fsp3) is 0.341. The number of hydrogen-bond acceptors (Lipinski definition) is 14. The minimum atomic E-state index is -0.409. The molecule has 15 nitrogen and oxygen atoms in total. The van der Waals surface area contributed by atoms with Crippen molar-refractivity contribution in [3.05, 3.63) is 107 Å². The van der Waals surface area contributed by atoms with Crippen LogP contribution in [0.15, 0.2) is 99.7 Å². The van der Waals surface area contributed by atoms with E-state index in [-0.39, 0.29) is 47.3 Å². The number of carbonyl (C=O) groups is 5. The van der Waals surface area contributed by atoms with Crippen molar-refractivity contribution >= 4 is 129 Å². The molecule has 2 fully saturated rings. The first-order chi connectivity index (χ1) is 31.8. The molecule has 0 aromatic heterocycles. The van der Waals surface area contributed by atoms with E-state index in [4.69, 9.17) is 5.21 Å². The summed E-state index contributed by atoms with van der Waals surface area (Å²) in [6.45, 7) is 8.45. The number of amidine groups is 1. The van der Waals surface area contributed by atoms with E-state index >= 15 is 0 Å². The first-order valence-electron chi connectivity index (χ1n) is 20.2. The van der Waals surface area contributed by atoms with Gasteiger partial charge in [0.05, 0.1) is 34.7 Å². The normalized spacial score (nSPS) is 15.9. The zero-order chi connectivity index (χ0) is 49.8. The summed E-state index contributed by atoms with van der Waals surface area (Å²) in [4.78, 5) is 69.7. The third-order valence-corrected chi connectivity index (χ3v) is 12.4. The monoisotopic (exact) mass is 1160 g/mol. The highest BCUT2D eigenvalue weighted by Crippen LogP contribution is 2.29. The molecule has 3 aromatic carbocycles. The zero-order valence-corrected chi connectivity index (χ0v) is 43.3. The summed E-state index contributed by atoms with van der Waals surface area (Å²) < 4.78 is 42.7. The van der Waals surface area contributed by atoms with Crippen LogP contribution in [0.4, 0.5) is 30.2 Å². The summed E-state index contributed by atoms with van der Waals surface area (Å²) in [7, 11) is 0. The Labute approximate surface area is 421 Å². The summed E-state index contributed by atoms with van der Waals surface area (Å²) in [5.74, 6) is 4.02. The predicted octanol–water partition coefficient (Wildman–Crippen LogP) is 8.72. The maximum absolute atomic E-state index is 13.9. The van der Waals surface area contributed by atoms with Gasteiger partial charge in [-0.2, -0.15) is 4.99 Å². The Kier molecular flexibility index (Phi) is 24.3. The van der Waals surface area contributed by atoms with Gasteiger partial charge >= 0.3 is 0 Å². The van der Waals surface area contributed by atoms with E-state index in [9.17, 15) is 37.1 Å². The summed E-state index contributed by atoms with van der Waals surface area (Å²) >= 11 is 15.2. The van der Waals surface area contributed by atoms with Gasteiger partial charge in [0.25, 0.3) is 0 Å². The average Bonchev–Trinajstić information content (AvgIpc) is 3.68. The lowest BCUT2D eigenvalue weighted by molar-refractivity contribution is -0.133. The van der Waals surface area contributed by atoms with E-state index in [0.717, 1.165) is 18.5 Å². The Morgan fingerprint density at radius 2 is 1.27 bits per heavy atom. The van der Waals surface area contributed by atoms with Gasteiger partial charge in [-0.15, -0.1) is 17.4 Å². The van der Waals surface area contributed by atoms with Crippen molar-refractivity contribution in [3.63, 3.8) is 0 Å². The molecule has 4 aliphatic heterocycles. The largest absolute Gasteiger partial charge is 0.347 e. The maximum Gasteiger partial charge on any atom is 0.219 e. The van der Waals surface area contributed by atoms with E-state index in [1.807, 2.05) is 6.26 Å². The van der Waals surface area contributed by atoms with Crippen molar-refractivity contribution in [3.8, 4) is 0 Å². The van der Waals surface area contributed by atoms with Gasteiger partial charge in [0.15, 0.2) is 11.6 Å². The fourth-order valence-electron chi connectivity index (χ4n) is 6.46. The van der Waals surface area contributed by atoms with Crippen molar-refractivity contribution in [1.29, 1.82) is 0 Å². The minimum absolute atomic E-state index is 0.00753. The molecule has 0 aliphatic carbocycles. The quantitative estimate of drug-likeness (QED) is 0.0536. The van der Waals surface area contributed by atoms with Gasteiger partial charge < -0.3 is 30.5 Å². The molecule has 0 atom stereocenters. The zero-order valence-electron chi connectivity index (χ0n) is 36.9. The van der Waals surface area contributed by atoms with Crippen LogP contribution in [-0.2, 0) is 24.0 Å². The number of aliphatic imine (C=N–C) groups is 2. The van der Waals surface area contributed by atoms with E-state index in [0.29, 0.717) is 93.2 Å². The van der Waals surface area contributed by atoms with Gasteiger partial charge in [0, 0.05) is 97.3 Å². The Bertz CT molecular complexity index is 2450. The number of halogens is 6. The Balaban J connectivity index is 0.000000244. The molecule has 6 N–H and O–H groups in total. The number of Topliss-reactive ketones (excluding diaryl/α,β-unsaturated/α-hetero) is 2. The first kappa shape index (κ1) is 56.7. The molecule has 7 rings (SSSR count). The molecule has 0 saturated carbocycles. The SMILES string of the molecule is CC(=O)N1CCC(=O)CC1.CC(=O)N1CCC2=C(C1)C(Nc1ccc(Br)cc1F)=NC2.CS/C(Nc1ccc(Br)cc1F)=C1/CN(C(C)=O)CCC1=O.Fc1cc(Br)ccc1N=C=S.NNO. The van der Waals surface area contributed by atoms with Gasteiger partial charge in [0.2, 0.25) is 17.7 Å². The lowest BCUT2D eigenvalue weighted by Gasteiger charge is -2.28. The van der Waals surface area contributed by atoms with Crippen molar-refractivity contribution in [2.24, 2.45) is 15.8 Å². The summed E-state index contributed by atoms with van der Waals surface area (Å²) in [6, 6.07) is 14.1. The second-order valence-corrected chi connectivity index (χ2v) is 18.3. The number of piperidine rings is 2. The number of benzene rings is 3. The third kappa shape index (κ3) is 18.4. The van der Waals surface area contributed by atoms with Crippen molar-refractivity contribution in [2.45, 2.75) is 46.5 Å². The number of anilines is 2. The first-order valence-corrected chi connectivity index (χ1v) is 24.2. The minimum Gasteiger partial charge on any atom is -0.347 e. The number of amides is 3. The van der Waals surface area contributed by atoms with Crippen LogP contribution in [0.25, 0.3) is 0 Å². The molecule has 0 bridgehead atoms. The van der Waals surface area contributed by atoms with Crippen LogP contribution in [0.5, 0.6) is 0 Å². The maximum atomic E-state index is 13.9. The van der Waals surface area contributed by atoms with Crippen LogP contribution < -0.4 is 22.1 Å². The number of hydrogen-bond donors (Lipinski definition) is 5. The molecule has 0 radical (unpaired) electrons. The van der Waals surface area contributed by atoms with Gasteiger partial charge in [-0.1, -0.05) is 47.8 Å². The molecule has 0 spiro atoms. The molecule has 0 unspecified atom stereocenters. The Morgan fingerprint density at radius 3 is 1.78 bits per heavy atom. The van der Waals surface area contributed by atoms with Crippen LogP contribution in [0.2, 0.25) is 0 Å². The van der Waals surface area contributed by atoms with Crippen molar-refractivity contribution < 1.29 is 42.4 Å². The lowest BCUT2D eigenvalue weighted by Crippen LogP contribution is -2.39. The number of nitrogens with one attached hydrogen (secondary N) is 3. The van der Waals surface area contributed by atoms with Gasteiger partial charge in [-0.3, -0.25) is 29.0 Å². The molecule has 3 amide bonds. The number of isothiocyanates is 1. The fourth-order valence-corrected chi connectivity index (χ4v) is 8.19. The predicted molar refractivity (Wildman–Crippen MR) is 268 cm³/mol. The molecule has 4 heterocycles. The van der Waals surface area contributed by atoms with Gasteiger partial charge in [0.1, 0.15) is 28.9 Å². The number of thioether (sulfide) groups is 1. The highest BCUT2D eigenvalue weighted by Gasteiger charge is 2.28. The number of likely N-dealkylation sites (tertiary alicyclic amines) is 2. The molecule has 4 aliphatic rings. The summed E-state index contributed by atoms with van der Waals surface area (Å²) in [5, 5.41) is 15.8. The smallest absolute Gasteiger partial charge is 0.219 e. The second-order valence-electron chi connectivity index (χ2n) is 14.5. The molecular formula is C44H49Br3F3N9O6S2. The number of ketones is 2. The third-order valence-electron chi connectivity index (χ3n) is 10.0. The number of thiocarbonyl (C=S) groups is 1. The van der Waals surface area contributed by atoms with Crippen LogP contribution >= 0.6 is 71.8 Å². The average molecular weight is 1160 g/mol. The summed E-state index contributed by atoms with van der Waals surface area (Å²) in [6.07, 6.45) is 4.03. The topological polar surface area (TPSA) is 202 Å². The number of carbonyl (C=O) groups excluding carboxylic acids is 5. The van der Waals surface area contributed by atoms with Crippen molar-refractivity contribution in [2.75, 3.05) is 62.7 Å². The molecule has 360 valence electrons. The van der Waals surface area contributed by atoms with Crippen LogP contribution in [-0.4, -0.2) is 112 Å². The highest BCUT2D eigenvalue weighted by molar-refractivity contribution is 9.11. The van der Waals surface area contributed by atoms with Crippen LogP contribution in [0.1, 0.15) is 46.5 Å². The second kappa shape index (κ2) is 28.7.